The standard InChI is InChI=1S/C22H28N2O3/c1-5-14(22(25)27-4)16-11-18-21-15(9-10-24(18)12-13(16)2)20-17(23-21)7-6-8-19(20)26-3/h5-8,13,16,18,23H,9-12H2,1-4H3/b14-5+/t13-,16+,18+/m1/s1. The Morgan fingerprint density at radius 1 is 1.33 bits per heavy atom. The van der Waals surface area contributed by atoms with Gasteiger partial charge in [-0.05, 0) is 49.3 Å². The maximum absolute atomic E-state index is 12.3. The lowest BCUT2D eigenvalue weighted by Crippen LogP contribution is -2.46. The van der Waals surface area contributed by atoms with Crippen LogP contribution in [-0.2, 0) is 16.0 Å². The molecule has 1 aromatic carbocycles. The number of hydrogen-bond donors (Lipinski definition) is 1. The SMILES string of the molecule is C/C=C(/C(=O)OC)[C@H]1C[C@H]2c3[nH]c4cccc(OC)c4c3CCN2C[C@H]1C. The summed E-state index contributed by atoms with van der Waals surface area (Å²) in [6.45, 7) is 6.22. The summed E-state index contributed by atoms with van der Waals surface area (Å²) in [5.41, 5.74) is 4.61. The van der Waals surface area contributed by atoms with Crippen LogP contribution in [0.25, 0.3) is 10.9 Å². The van der Waals surface area contributed by atoms with Crippen LogP contribution in [0.2, 0.25) is 0 Å². The molecule has 1 aromatic heterocycles. The predicted molar refractivity (Wildman–Crippen MR) is 106 cm³/mol. The Bertz CT molecular complexity index is 898. The van der Waals surface area contributed by atoms with E-state index in [0.29, 0.717) is 12.0 Å². The smallest absolute Gasteiger partial charge is 0.333 e. The first-order valence-corrected chi connectivity index (χ1v) is 9.75. The summed E-state index contributed by atoms with van der Waals surface area (Å²) in [6.07, 6.45) is 3.88. The molecule has 3 atom stereocenters. The van der Waals surface area contributed by atoms with E-state index in [0.717, 1.165) is 42.8 Å². The molecule has 2 aromatic rings. The largest absolute Gasteiger partial charge is 0.496 e. The van der Waals surface area contributed by atoms with Crippen LogP contribution in [0.15, 0.2) is 29.8 Å². The van der Waals surface area contributed by atoms with E-state index < -0.39 is 0 Å². The average Bonchev–Trinajstić information content (AvgIpc) is 3.07. The van der Waals surface area contributed by atoms with E-state index in [4.69, 9.17) is 9.47 Å². The molecular weight excluding hydrogens is 340 g/mol. The van der Waals surface area contributed by atoms with Crippen molar-refractivity contribution in [2.75, 3.05) is 27.3 Å². The lowest BCUT2D eigenvalue weighted by molar-refractivity contribution is -0.137. The second-order valence-electron chi connectivity index (χ2n) is 7.72. The lowest BCUT2D eigenvalue weighted by Gasteiger charge is -2.45. The lowest BCUT2D eigenvalue weighted by atomic mass is 9.75. The molecular formula is C22H28N2O3. The Morgan fingerprint density at radius 3 is 2.85 bits per heavy atom. The van der Waals surface area contributed by atoms with E-state index in [1.807, 2.05) is 25.1 Å². The van der Waals surface area contributed by atoms with Gasteiger partial charge in [-0.15, -0.1) is 0 Å². The van der Waals surface area contributed by atoms with Gasteiger partial charge < -0.3 is 14.5 Å². The molecule has 0 spiro atoms. The van der Waals surface area contributed by atoms with Crippen molar-refractivity contribution >= 4 is 16.9 Å². The van der Waals surface area contributed by atoms with Crippen LogP contribution in [0.1, 0.15) is 37.6 Å². The minimum Gasteiger partial charge on any atom is -0.496 e. The molecule has 1 saturated heterocycles. The topological polar surface area (TPSA) is 54.6 Å². The Morgan fingerprint density at radius 2 is 2.15 bits per heavy atom. The molecule has 5 nitrogen and oxygen atoms in total. The minimum absolute atomic E-state index is 0.197. The average molecular weight is 368 g/mol. The summed E-state index contributed by atoms with van der Waals surface area (Å²) in [7, 11) is 3.20. The Balaban J connectivity index is 1.75. The summed E-state index contributed by atoms with van der Waals surface area (Å²) >= 11 is 0. The molecule has 0 amide bonds. The molecule has 0 bridgehead atoms. The fraction of sp³-hybridized carbons (Fsp3) is 0.500. The molecule has 2 aliphatic heterocycles. The number of benzene rings is 1. The number of methoxy groups -OCH3 is 2. The summed E-state index contributed by atoms with van der Waals surface area (Å²) < 4.78 is 10.7. The van der Waals surface area contributed by atoms with Crippen molar-refractivity contribution in [1.82, 2.24) is 9.88 Å². The summed E-state index contributed by atoms with van der Waals surface area (Å²) in [5.74, 6) is 1.37. The third kappa shape index (κ3) is 2.85. The molecule has 27 heavy (non-hydrogen) atoms. The number of H-pyrrole nitrogens is 1. The second-order valence-corrected chi connectivity index (χ2v) is 7.72. The van der Waals surface area contributed by atoms with E-state index in [2.05, 4.69) is 22.9 Å². The van der Waals surface area contributed by atoms with Gasteiger partial charge in [-0.25, -0.2) is 4.79 Å². The summed E-state index contributed by atoms with van der Waals surface area (Å²) in [4.78, 5) is 18.5. The van der Waals surface area contributed by atoms with Crippen LogP contribution in [0.3, 0.4) is 0 Å². The van der Waals surface area contributed by atoms with Gasteiger partial charge in [-0.1, -0.05) is 19.1 Å². The quantitative estimate of drug-likeness (QED) is 0.660. The number of hydrogen-bond acceptors (Lipinski definition) is 4. The molecule has 5 heteroatoms. The van der Waals surface area contributed by atoms with E-state index in [1.165, 1.54) is 23.8 Å². The van der Waals surface area contributed by atoms with Gasteiger partial charge in [0.2, 0.25) is 0 Å². The predicted octanol–water partition coefficient (Wildman–Crippen LogP) is 3.85. The van der Waals surface area contributed by atoms with Crippen molar-refractivity contribution in [2.45, 2.75) is 32.7 Å². The monoisotopic (exact) mass is 368 g/mol. The van der Waals surface area contributed by atoms with Crippen molar-refractivity contribution in [2.24, 2.45) is 11.8 Å². The van der Waals surface area contributed by atoms with Gasteiger partial charge in [-0.3, -0.25) is 4.90 Å². The van der Waals surface area contributed by atoms with Crippen molar-refractivity contribution in [1.29, 1.82) is 0 Å². The van der Waals surface area contributed by atoms with Crippen LogP contribution < -0.4 is 4.74 Å². The number of rotatable bonds is 3. The van der Waals surface area contributed by atoms with Crippen molar-refractivity contribution in [3.8, 4) is 5.75 Å². The molecule has 4 rings (SSSR count). The maximum Gasteiger partial charge on any atom is 0.333 e. The first-order valence-electron chi connectivity index (χ1n) is 9.75. The highest BCUT2D eigenvalue weighted by atomic mass is 16.5. The molecule has 0 aliphatic carbocycles. The zero-order chi connectivity index (χ0) is 19.1. The van der Waals surface area contributed by atoms with Gasteiger partial charge in [0.1, 0.15) is 5.75 Å². The summed E-state index contributed by atoms with van der Waals surface area (Å²) in [6, 6.07) is 6.48. The second kappa shape index (κ2) is 7.04. The van der Waals surface area contributed by atoms with Crippen LogP contribution >= 0.6 is 0 Å². The molecule has 0 saturated carbocycles. The van der Waals surface area contributed by atoms with E-state index in [1.54, 1.807) is 7.11 Å². The highest BCUT2D eigenvalue weighted by Crippen LogP contribution is 2.46. The Hall–Kier alpha value is -2.27. The van der Waals surface area contributed by atoms with Gasteiger partial charge in [0.15, 0.2) is 0 Å². The highest BCUT2D eigenvalue weighted by molar-refractivity contribution is 5.91. The third-order valence-corrected chi connectivity index (χ3v) is 6.38. The van der Waals surface area contributed by atoms with Gasteiger partial charge in [0, 0.05) is 35.3 Å². The molecule has 1 fully saturated rings. The number of allylic oxidation sites excluding steroid dienone is 1. The molecule has 0 radical (unpaired) electrons. The first kappa shape index (κ1) is 18.1. The number of aromatic amines is 1. The van der Waals surface area contributed by atoms with Crippen LogP contribution in [0.4, 0.5) is 0 Å². The van der Waals surface area contributed by atoms with Crippen molar-refractivity contribution in [3.63, 3.8) is 0 Å². The number of fused-ring (bicyclic) bond motifs is 5. The number of carbonyl (C=O) groups excluding carboxylic acids is 1. The van der Waals surface area contributed by atoms with E-state index >= 15 is 0 Å². The minimum atomic E-state index is -0.197. The molecule has 2 aliphatic rings. The van der Waals surface area contributed by atoms with Gasteiger partial charge in [0.05, 0.1) is 20.3 Å². The normalized spacial score (nSPS) is 25.8. The number of carbonyl (C=O) groups is 1. The number of nitrogens with zero attached hydrogens (tertiary/aromatic N) is 1. The highest BCUT2D eigenvalue weighted by Gasteiger charge is 2.41. The van der Waals surface area contributed by atoms with Crippen LogP contribution in [-0.4, -0.2) is 43.2 Å². The molecule has 3 heterocycles. The molecule has 0 unspecified atom stereocenters. The van der Waals surface area contributed by atoms with Gasteiger partial charge in [-0.2, -0.15) is 0 Å². The number of esters is 1. The van der Waals surface area contributed by atoms with E-state index in [-0.39, 0.29) is 11.9 Å². The maximum atomic E-state index is 12.3. The summed E-state index contributed by atoms with van der Waals surface area (Å²) in [5, 5.41) is 1.21. The van der Waals surface area contributed by atoms with Crippen LogP contribution in [0.5, 0.6) is 5.75 Å². The van der Waals surface area contributed by atoms with Crippen molar-refractivity contribution < 1.29 is 14.3 Å². The Kier molecular flexibility index (Phi) is 4.72. The molecule has 144 valence electrons. The fourth-order valence-corrected chi connectivity index (χ4v) is 5.10. The molecule has 1 N–H and O–H groups in total. The number of nitrogens with one attached hydrogen (secondary N) is 1. The van der Waals surface area contributed by atoms with E-state index in [9.17, 15) is 4.79 Å². The van der Waals surface area contributed by atoms with Crippen molar-refractivity contribution in [3.05, 3.63) is 41.1 Å². The number of piperidine rings is 1. The zero-order valence-corrected chi connectivity index (χ0v) is 16.5. The number of aromatic nitrogens is 1. The van der Waals surface area contributed by atoms with Gasteiger partial charge >= 0.3 is 5.97 Å². The third-order valence-electron chi connectivity index (χ3n) is 6.38. The van der Waals surface area contributed by atoms with Crippen LogP contribution in [0, 0.1) is 11.8 Å². The van der Waals surface area contributed by atoms with Gasteiger partial charge in [0.25, 0.3) is 0 Å². The Labute approximate surface area is 160 Å². The zero-order valence-electron chi connectivity index (χ0n) is 16.5. The first-order chi connectivity index (χ1) is 13.1. The number of ether oxygens (including phenoxy) is 2. The fourth-order valence-electron chi connectivity index (χ4n) is 5.10.